The molecule has 0 aliphatic carbocycles. The molecule has 0 unspecified atom stereocenters. The Kier molecular flexibility index (Phi) is 7.25. The third-order valence-electron chi connectivity index (χ3n) is 2.00. The summed E-state index contributed by atoms with van der Waals surface area (Å²) in [5.41, 5.74) is 0. The SMILES string of the molecule is CCOC(=O)[C@@H](/C=C/[C@@H](C)OC(C)=O)CC. The Hall–Kier alpha value is -1.32. The first-order valence-electron chi connectivity index (χ1n) is 5.53. The van der Waals surface area contributed by atoms with Gasteiger partial charge in [-0.25, -0.2) is 0 Å². The van der Waals surface area contributed by atoms with Gasteiger partial charge in [0.05, 0.1) is 12.5 Å². The van der Waals surface area contributed by atoms with Crippen molar-refractivity contribution < 1.29 is 19.1 Å². The number of carbonyl (C=O) groups excluding carboxylic acids is 2. The minimum atomic E-state index is -0.332. The maximum Gasteiger partial charge on any atom is 0.312 e. The van der Waals surface area contributed by atoms with E-state index in [9.17, 15) is 9.59 Å². The van der Waals surface area contributed by atoms with Gasteiger partial charge >= 0.3 is 11.9 Å². The minimum absolute atomic E-state index is 0.240. The lowest BCUT2D eigenvalue weighted by molar-refractivity contribution is -0.146. The van der Waals surface area contributed by atoms with Gasteiger partial charge in [-0.2, -0.15) is 0 Å². The van der Waals surface area contributed by atoms with Gasteiger partial charge in [-0.05, 0) is 26.3 Å². The molecule has 0 aromatic rings. The summed E-state index contributed by atoms with van der Waals surface area (Å²) < 4.78 is 9.82. The molecular weight excluding hydrogens is 208 g/mol. The largest absolute Gasteiger partial charge is 0.466 e. The lowest BCUT2D eigenvalue weighted by atomic mass is 10.1. The Labute approximate surface area is 96.6 Å². The molecule has 0 radical (unpaired) electrons. The predicted molar refractivity (Wildman–Crippen MR) is 60.8 cm³/mol. The first kappa shape index (κ1) is 14.7. The molecule has 0 saturated heterocycles. The van der Waals surface area contributed by atoms with Crippen LogP contribution in [-0.4, -0.2) is 24.6 Å². The van der Waals surface area contributed by atoms with Gasteiger partial charge in [0, 0.05) is 6.92 Å². The Morgan fingerprint density at radius 3 is 2.31 bits per heavy atom. The van der Waals surface area contributed by atoms with E-state index in [0.29, 0.717) is 13.0 Å². The van der Waals surface area contributed by atoms with Gasteiger partial charge in [-0.3, -0.25) is 9.59 Å². The maximum absolute atomic E-state index is 11.4. The molecule has 92 valence electrons. The summed E-state index contributed by atoms with van der Waals surface area (Å²) in [7, 11) is 0. The molecule has 16 heavy (non-hydrogen) atoms. The van der Waals surface area contributed by atoms with Gasteiger partial charge in [0.25, 0.3) is 0 Å². The van der Waals surface area contributed by atoms with Crippen molar-refractivity contribution >= 4 is 11.9 Å². The Bertz CT molecular complexity index is 258. The van der Waals surface area contributed by atoms with Crippen molar-refractivity contribution in [2.45, 2.75) is 40.2 Å². The van der Waals surface area contributed by atoms with Crippen molar-refractivity contribution in [3.63, 3.8) is 0 Å². The number of carbonyl (C=O) groups is 2. The summed E-state index contributed by atoms with van der Waals surface area (Å²) >= 11 is 0. The normalized spacial score (nSPS) is 14.5. The van der Waals surface area contributed by atoms with Crippen LogP contribution in [0.2, 0.25) is 0 Å². The molecule has 0 aromatic carbocycles. The van der Waals surface area contributed by atoms with Crippen LogP contribution < -0.4 is 0 Å². The number of ether oxygens (including phenoxy) is 2. The molecule has 0 heterocycles. The zero-order chi connectivity index (χ0) is 12.6. The molecule has 0 aromatic heterocycles. The molecule has 4 nitrogen and oxygen atoms in total. The monoisotopic (exact) mass is 228 g/mol. The van der Waals surface area contributed by atoms with Crippen LogP contribution in [0.5, 0.6) is 0 Å². The number of rotatable bonds is 6. The van der Waals surface area contributed by atoms with Crippen molar-refractivity contribution in [1.29, 1.82) is 0 Å². The third kappa shape index (κ3) is 6.22. The fraction of sp³-hybridized carbons (Fsp3) is 0.667. The quantitative estimate of drug-likeness (QED) is 0.516. The van der Waals surface area contributed by atoms with Gasteiger partial charge in [0.2, 0.25) is 0 Å². The molecule has 0 rings (SSSR count). The summed E-state index contributed by atoms with van der Waals surface area (Å²) in [6, 6.07) is 0. The Balaban J connectivity index is 4.24. The predicted octanol–water partition coefficient (Wildman–Crippen LogP) is 2.08. The average molecular weight is 228 g/mol. The van der Waals surface area contributed by atoms with E-state index < -0.39 is 0 Å². The van der Waals surface area contributed by atoms with Crippen molar-refractivity contribution in [2.75, 3.05) is 6.61 Å². The van der Waals surface area contributed by atoms with Crippen LogP contribution in [-0.2, 0) is 19.1 Å². The van der Waals surface area contributed by atoms with Crippen molar-refractivity contribution in [3.8, 4) is 0 Å². The molecule has 0 aliphatic heterocycles. The van der Waals surface area contributed by atoms with E-state index in [-0.39, 0.29) is 24.0 Å². The molecule has 2 atom stereocenters. The average Bonchev–Trinajstić information content (AvgIpc) is 2.17. The summed E-state index contributed by atoms with van der Waals surface area (Å²) in [6.45, 7) is 7.16. The number of esters is 2. The summed E-state index contributed by atoms with van der Waals surface area (Å²) in [5, 5.41) is 0. The zero-order valence-electron chi connectivity index (χ0n) is 10.4. The zero-order valence-corrected chi connectivity index (χ0v) is 10.4. The highest BCUT2D eigenvalue weighted by molar-refractivity contribution is 5.74. The van der Waals surface area contributed by atoms with E-state index in [1.165, 1.54) is 6.92 Å². The van der Waals surface area contributed by atoms with E-state index >= 15 is 0 Å². The van der Waals surface area contributed by atoms with Gasteiger partial charge in [0.15, 0.2) is 0 Å². The lowest BCUT2D eigenvalue weighted by Gasteiger charge is -2.10. The van der Waals surface area contributed by atoms with E-state index in [1.807, 2.05) is 6.92 Å². The van der Waals surface area contributed by atoms with E-state index in [2.05, 4.69) is 0 Å². The van der Waals surface area contributed by atoms with Crippen LogP contribution in [0.3, 0.4) is 0 Å². The second kappa shape index (κ2) is 7.91. The topological polar surface area (TPSA) is 52.6 Å². The fourth-order valence-electron chi connectivity index (χ4n) is 1.22. The van der Waals surface area contributed by atoms with Crippen LogP contribution in [0.4, 0.5) is 0 Å². The summed E-state index contributed by atoms with van der Waals surface area (Å²) in [6.07, 6.45) is 3.78. The number of hydrogen-bond donors (Lipinski definition) is 0. The second-order valence-corrected chi connectivity index (χ2v) is 3.47. The molecule has 0 N–H and O–H groups in total. The maximum atomic E-state index is 11.4. The first-order chi connectivity index (χ1) is 7.51. The smallest absolute Gasteiger partial charge is 0.312 e. The van der Waals surface area contributed by atoms with Crippen LogP contribution in [0.25, 0.3) is 0 Å². The van der Waals surface area contributed by atoms with Crippen LogP contribution >= 0.6 is 0 Å². The summed E-state index contributed by atoms with van der Waals surface area (Å²) in [4.78, 5) is 22.1. The molecule has 0 saturated carbocycles. The van der Waals surface area contributed by atoms with Crippen LogP contribution in [0.15, 0.2) is 12.2 Å². The molecule has 0 fully saturated rings. The standard InChI is InChI=1S/C12H20O4/c1-5-11(12(14)15-6-2)8-7-9(3)16-10(4)13/h7-9,11H,5-6H2,1-4H3/b8-7+/t9-,11-/m1/s1. The van der Waals surface area contributed by atoms with E-state index in [4.69, 9.17) is 9.47 Å². The van der Waals surface area contributed by atoms with Crippen LogP contribution in [0.1, 0.15) is 34.1 Å². The van der Waals surface area contributed by atoms with E-state index in [1.54, 1.807) is 26.0 Å². The van der Waals surface area contributed by atoms with E-state index in [0.717, 1.165) is 0 Å². The first-order valence-corrected chi connectivity index (χ1v) is 5.53. The van der Waals surface area contributed by atoms with Gasteiger partial charge in [0.1, 0.15) is 6.10 Å². The molecular formula is C12H20O4. The summed E-state index contributed by atoms with van der Waals surface area (Å²) in [5.74, 6) is -0.837. The fourth-order valence-corrected chi connectivity index (χ4v) is 1.22. The number of hydrogen-bond acceptors (Lipinski definition) is 4. The highest BCUT2D eigenvalue weighted by atomic mass is 16.5. The van der Waals surface area contributed by atoms with Crippen molar-refractivity contribution in [3.05, 3.63) is 12.2 Å². The molecule has 4 heteroatoms. The lowest BCUT2D eigenvalue weighted by Crippen LogP contribution is -2.16. The Morgan fingerprint density at radius 1 is 1.25 bits per heavy atom. The van der Waals surface area contributed by atoms with Gasteiger partial charge in [-0.1, -0.05) is 13.0 Å². The van der Waals surface area contributed by atoms with Crippen LogP contribution in [0, 0.1) is 5.92 Å². The molecule has 0 spiro atoms. The molecule has 0 amide bonds. The second-order valence-electron chi connectivity index (χ2n) is 3.47. The molecule has 0 bridgehead atoms. The highest BCUT2D eigenvalue weighted by Gasteiger charge is 2.14. The minimum Gasteiger partial charge on any atom is -0.466 e. The van der Waals surface area contributed by atoms with Crippen molar-refractivity contribution in [1.82, 2.24) is 0 Å². The third-order valence-corrected chi connectivity index (χ3v) is 2.00. The highest BCUT2D eigenvalue weighted by Crippen LogP contribution is 2.08. The van der Waals surface area contributed by atoms with Gasteiger partial charge < -0.3 is 9.47 Å². The van der Waals surface area contributed by atoms with Gasteiger partial charge in [-0.15, -0.1) is 0 Å². The van der Waals surface area contributed by atoms with Crippen molar-refractivity contribution in [2.24, 2.45) is 5.92 Å². The Morgan fingerprint density at radius 2 is 1.88 bits per heavy atom. The molecule has 0 aliphatic rings.